The lowest BCUT2D eigenvalue weighted by Gasteiger charge is -2.09. The number of amides is 2. The van der Waals surface area contributed by atoms with E-state index in [0.717, 1.165) is 28.0 Å². The summed E-state index contributed by atoms with van der Waals surface area (Å²) >= 11 is 2.65. The smallest absolute Gasteiger partial charge is 0.341 e. The Bertz CT molecular complexity index is 1140. The van der Waals surface area contributed by atoms with Gasteiger partial charge in [0.15, 0.2) is 0 Å². The van der Waals surface area contributed by atoms with E-state index >= 15 is 0 Å². The van der Waals surface area contributed by atoms with Gasteiger partial charge in [-0.05, 0) is 37.1 Å². The number of nitrogens with one attached hydrogen (secondary N) is 2. The third kappa shape index (κ3) is 6.69. The van der Waals surface area contributed by atoms with E-state index in [4.69, 9.17) is 4.74 Å². The Morgan fingerprint density at radius 2 is 1.79 bits per heavy atom. The molecule has 0 spiro atoms. The van der Waals surface area contributed by atoms with Crippen LogP contribution in [0.3, 0.4) is 0 Å². The zero-order valence-electron chi connectivity index (χ0n) is 18.8. The Morgan fingerprint density at radius 1 is 1.03 bits per heavy atom. The minimum absolute atomic E-state index is 0.0326. The molecule has 0 fully saturated rings. The van der Waals surface area contributed by atoms with Crippen LogP contribution in [-0.2, 0) is 14.3 Å². The minimum Gasteiger partial charge on any atom is -0.465 e. The first-order valence-electron chi connectivity index (χ1n) is 10.5. The number of thioether (sulfide) groups is 1. The van der Waals surface area contributed by atoms with E-state index in [1.54, 1.807) is 0 Å². The molecule has 0 bridgehead atoms. The van der Waals surface area contributed by atoms with Gasteiger partial charge in [-0.2, -0.15) is 0 Å². The predicted octanol–water partition coefficient (Wildman–Crippen LogP) is 5.98. The molecule has 33 heavy (non-hydrogen) atoms. The molecular weight excluding hydrogens is 456 g/mol. The van der Waals surface area contributed by atoms with Gasteiger partial charge in [-0.25, -0.2) is 4.79 Å². The maximum absolute atomic E-state index is 12.6. The molecule has 6 nitrogen and oxygen atoms in total. The Hall–Kier alpha value is -3.10. The Kier molecular flexibility index (Phi) is 8.68. The summed E-state index contributed by atoms with van der Waals surface area (Å²) in [4.78, 5) is 37.8. The lowest BCUT2D eigenvalue weighted by atomic mass is 10.0. The highest BCUT2D eigenvalue weighted by Crippen LogP contribution is 2.36. The molecule has 0 unspecified atom stereocenters. The Labute approximate surface area is 201 Å². The molecule has 8 heteroatoms. The summed E-state index contributed by atoms with van der Waals surface area (Å²) in [5.41, 5.74) is 3.78. The van der Waals surface area contributed by atoms with Crippen molar-refractivity contribution in [3.05, 3.63) is 65.0 Å². The molecule has 172 valence electrons. The predicted molar refractivity (Wildman–Crippen MR) is 135 cm³/mol. The van der Waals surface area contributed by atoms with Crippen LogP contribution < -0.4 is 10.6 Å². The summed E-state index contributed by atoms with van der Waals surface area (Å²) in [5.74, 6) is -0.604. The van der Waals surface area contributed by atoms with Crippen molar-refractivity contribution in [1.29, 1.82) is 0 Å². The van der Waals surface area contributed by atoms with E-state index in [9.17, 15) is 14.4 Å². The molecule has 2 aromatic carbocycles. The van der Waals surface area contributed by atoms with Crippen molar-refractivity contribution in [2.24, 2.45) is 0 Å². The topological polar surface area (TPSA) is 84.5 Å². The van der Waals surface area contributed by atoms with Crippen molar-refractivity contribution in [3.63, 3.8) is 0 Å². The van der Waals surface area contributed by atoms with Gasteiger partial charge >= 0.3 is 5.97 Å². The fourth-order valence-corrected chi connectivity index (χ4v) is 4.85. The van der Waals surface area contributed by atoms with Gasteiger partial charge in [-0.15, -0.1) is 23.1 Å². The molecule has 0 atom stereocenters. The maximum atomic E-state index is 12.6. The van der Waals surface area contributed by atoms with Crippen molar-refractivity contribution in [1.82, 2.24) is 0 Å². The Morgan fingerprint density at radius 3 is 2.48 bits per heavy atom. The first-order chi connectivity index (χ1) is 15.9. The second-order valence-electron chi connectivity index (χ2n) is 7.37. The van der Waals surface area contributed by atoms with Gasteiger partial charge in [0, 0.05) is 27.9 Å². The summed E-state index contributed by atoms with van der Waals surface area (Å²) in [5, 5.41) is 8.02. The number of benzene rings is 2. The number of rotatable bonds is 9. The number of carbonyl (C=O) groups is 3. The first-order valence-corrected chi connectivity index (χ1v) is 12.4. The van der Waals surface area contributed by atoms with Crippen LogP contribution in [0.15, 0.2) is 58.8 Å². The summed E-state index contributed by atoms with van der Waals surface area (Å²) in [6.45, 7) is 3.95. The van der Waals surface area contributed by atoms with Gasteiger partial charge in [0.05, 0.1) is 12.9 Å². The molecule has 3 aromatic rings. The van der Waals surface area contributed by atoms with Crippen molar-refractivity contribution < 1.29 is 19.1 Å². The van der Waals surface area contributed by atoms with Crippen LogP contribution in [0.2, 0.25) is 0 Å². The molecular formula is C25H26N2O4S2. The van der Waals surface area contributed by atoms with E-state index in [-0.39, 0.29) is 17.6 Å². The fourth-order valence-electron chi connectivity index (χ4n) is 3.13. The number of anilines is 2. The number of thiophene rings is 1. The number of methoxy groups -OCH3 is 1. The third-order valence-electron chi connectivity index (χ3n) is 4.76. The van der Waals surface area contributed by atoms with Gasteiger partial charge < -0.3 is 15.4 Å². The average Bonchev–Trinajstić information content (AvgIpc) is 3.21. The molecule has 0 radical (unpaired) electrons. The van der Waals surface area contributed by atoms with Crippen LogP contribution >= 0.6 is 23.1 Å². The molecule has 1 heterocycles. The van der Waals surface area contributed by atoms with Crippen LogP contribution in [0.4, 0.5) is 10.7 Å². The van der Waals surface area contributed by atoms with Crippen LogP contribution in [0.5, 0.6) is 0 Å². The van der Waals surface area contributed by atoms with Crippen LogP contribution in [0, 0.1) is 6.92 Å². The zero-order chi connectivity index (χ0) is 23.8. The number of hydrogen-bond donors (Lipinski definition) is 2. The third-order valence-corrected chi connectivity index (χ3v) is 6.65. The summed E-state index contributed by atoms with van der Waals surface area (Å²) in [6.07, 6.45) is 1.25. The van der Waals surface area contributed by atoms with Gasteiger partial charge in [-0.3, -0.25) is 9.59 Å². The minimum atomic E-state index is -0.495. The Balaban J connectivity index is 1.69. The second-order valence-corrected chi connectivity index (χ2v) is 9.30. The zero-order valence-corrected chi connectivity index (χ0v) is 20.4. The SMILES string of the molecule is CCCC(=O)Nc1cccc(SCC(=O)Nc2scc(-c3ccc(C)cc3)c2C(=O)OC)c1. The van der Waals surface area contributed by atoms with E-state index in [1.165, 1.54) is 30.2 Å². The highest BCUT2D eigenvalue weighted by Gasteiger charge is 2.22. The van der Waals surface area contributed by atoms with Gasteiger partial charge in [0.2, 0.25) is 11.8 Å². The molecule has 0 aliphatic heterocycles. The number of esters is 1. The van der Waals surface area contributed by atoms with E-state index < -0.39 is 5.97 Å². The fraction of sp³-hybridized carbons (Fsp3) is 0.240. The normalized spacial score (nSPS) is 10.5. The van der Waals surface area contributed by atoms with Crippen LogP contribution in [-0.4, -0.2) is 30.6 Å². The standard InChI is InChI=1S/C25H26N2O4S2/c1-4-6-21(28)26-18-7-5-8-19(13-18)32-15-22(29)27-24-23(25(30)31-3)20(14-33-24)17-11-9-16(2)10-12-17/h5,7-14H,4,6,15H2,1-3H3,(H,26,28)(H,27,29). The number of hydrogen-bond acceptors (Lipinski definition) is 6. The van der Waals surface area contributed by atoms with E-state index in [0.29, 0.717) is 22.7 Å². The van der Waals surface area contributed by atoms with Gasteiger partial charge in [0.1, 0.15) is 10.6 Å². The summed E-state index contributed by atoms with van der Waals surface area (Å²) in [7, 11) is 1.33. The average molecular weight is 483 g/mol. The molecule has 2 N–H and O–H groups in total. The van der Waals surface area contributed by atoms with E-state index in [1.807, 2.05) is 67.8 Å². The molecule has 3 rings (SSSR count). The van der Waals surface area contributed by atoms with Crippen molar-refractivity contribution in [2.45, 2.75) is 31.6 Å². The van der Waals surface area contributed by atoms with Crippen molar-refractivity contribution >= 4 is 51.6 Å². The number of aryl methyl sites for hydroxylation is 1. The van der Waals surface area contributed by atoms with Crippen molar-refractivity contribution in [2.75, 3.05) is 23.5 Å². The van der Waals surface area contributed by atoms with Crippen molar-refractivity contribution in [3.8, 4) is 11.1 Å². The highest BCUT2D eigenvalue weighted by molar-refractivity contribution is 8.00. The second kappa shape index (κ2) is 11.7. The quantitative estimate of drug-likeness (QED) is 0.290. The largest absolute Gasteiger partial charge is 0.465 e. The van der Waals surface area contributed by atoms with Crippen LogP contribution in [0.25, 0.3) is 11.1 Å². The van der Waals surface area contributed by atoms with Gasteiger partial charge in [0.25, 0.3) is 0 Å². The highest BCUT2D eigenvalue weighted by atomic mass is 32.2. The summed E-state index contributed by atoms with van der Waals surface area (Å²) in [6, 6.07) is 15.2. The maximum Gasteiger partial charge on any atom is 0.341 e. The molecule has 0 saturated carbocycles. The number of carbonyl (C=O) groups excluding carboxylic acids is 3. The molecule has 0 aliphatic rings. The number of ether oxygens (including phenoxy) is 1. The lowest BCUT2D eigenvalue weighted by molar-refractivity contribution is -0.116. The molecule has 0 aliphatic carbocycles. The monoisotopic (exact) mass is 482 g/mol. The van der Waals surface area contributed by atoms with E-state index in [2.05, 4.69) is 10.6 Å². The summed E-state index contributed by atoms with van der Waals surface area (Å²) < 4.78 is 4.97. The lowest BCUT2D eigenvalue weighted by Crippen LogP contribution is -2.16. The molecule has 0 saturated heterocycles. The first kappa shape index (κ1) is 24.5. The molecule has 2 amide bonds. The molecule has 1 aromatic heterocycles. The van der Waals surface area contributed by atoms with Gasteiger partial charge in [-0.1, -0.05) is 42.8 Å². The van der Waals surface area contributed by atoms with Crippen LogP contribution in [0.1, 0.15) is 35.7 Å².